The summed E-state index contributed by atoms with van der Waals surface area (Å²) in [4.78, 5) is 26.6. The fourth-order valence-corrected chi connectivity index (χ4v) is 3.58. The third kappa shape index (κ3) is 2.58. The van der Waals surface area contributed by atoms with Gasteiger partial charge in [0.1, 0.15) is 0 Å². The molecule has 0 radical (unpaired) electrons. The minimum Gasteiger partial charge on any atom is -0.276 e. The number of hydrogen-bond donors (Lipinski definition) is 0. The molecule has 3 nitrogen and oxygen atoms in total. The van der Waals surface area contributed by atoms with Crippen LogP contribution in [0.2, 0.25) is 0 Å². The van der Waals surface area contributed by atoms with Crippen molar-refractivity contribution in [1.82, 2.24) is 4.90 Å². The summed E-state index contributed by atoms with van der Waals surface area (Å²) >= 11 is 0. The topological polar surface area (TPSA) is 37.4 Å². The number of allylic oxidation sites excluding steroid dienone is 1. The highest BCUT2D eigenvalue weighted by Gasteiger charge is 2.58. The third-order valence-corrected chi connectivity index (χ3v) is 4.58. The van der Waals surface area contributed by atoms with Gasteiger partial charge in [-0.25, -0.2) is 0 Å². The van der Waals surface area contributed by atoms with E-state index < -0.39 is 5.54 Å². The number of carbonyl (C=O) groups is 2. The lowest BCUT2D eigenvalue weighted by molar-refractivity contribution is -0.144. The molecule has 1 aliphatic heterocycles. The molecule has 2 rings (SSSR count). The van der Waals surface area contributed by atoms with E-state index in [1.807, 2.05) is 20.8 Å². The van der Waals surface area contributed by atoms with Gasteiger partial charge in [-0.15, -0.1) is 0 Å². The van der Waals surface area contributed by atoms with Crippen LogP contribution in [-0.4, -0.2) is 22.3 Å². The van der Waals surface area contributed by atoms with E-state index in [4.69, 9.17) is 0 Å². The smallest absolute Gasteiger partial charge is 0.238 e. The molecule has 116 valence electrons. The fourth-order valence-electron chi connectivity index (χ4n) is 3.58. The number of imide groups is 1. The van der Waals surface area contributed by atoms with Gasteiger partial charge in [0.15, 0.2) is 0 Å². The lowest BCUT2D eigenvalue weighted by atomic mass is 9.67. The molecule has 2 amide bonds. The van der Waals surface area contributed by atoms with Gasteiger partial charge in [-0.3, -0.25) is 14.5 Å². The van der Waals surface area contributed by atoms with E-state index in [0.717, 1.165) is 24.0 Å². The Kier molecular flexibility index (Phi) is 4.40. The highest BCUT2D eigenvalue weighted by molar-refractivity contribution is 6.11. The second-order valence-corrected chi connectivity index (χ2v) is 7.13. The molecule has 0 unspecified atom stereocenters. The lowest BCUT2D eigenvalue weighted by Crippen LogP contribution is -2.45. The first kappa shape index (κ1) is 16.0. The van der Waals surface area contributed by atoms with Gasteiger partial charge in [-0.1, -0.05) is 44.4 Å². The van der Waals surface area contributed by atoms with Crippen LogP contribution in [0.15, 0.2) is 23.8 Å². The molecule has 0 saturated carbocycles. The lowest BCUT2D eigenvalue weighted by Gasteiger charge is -2.32. The Morgan fingerprint density at radius 3 is 2.24 bits per heavy atom. The molecule has 0 aromatic carbocycles. The van der Waals surface area contributed by atoms with E-state index in [1.54, 1.807) is 6.08 Å². The van der Waals surface area contributed by atoms with Crippen molar-refractivity contribution in [3.8, 4) is 0 Å². The van der Waals surface area contributed by atoms with Crippen molar-refractivity contribution < 1.29 is 9.59 Å². The first-order valence-corrected chi connectivity index (χ1v) is 8.07. The van der Waals surface area contributed by atoms with Crippen molar-refractivity contribution >= 4 is 11.8 Å². The number of fused-ring (bicyclic) bond motifs is 1. The Balaban J connectivity index is 2.16. The van der Waals surface area contributed by atoms with Gasteiger partial charge in [-0.2, -0.15) is 0 Å². The predicted octanol–water partition coefficient (Wildman–Crippen LogP) is 3.85. The van der Waals surface area contributed by atoms with Gasteiger partial charge >= 0.3 is 0 Å². The molecule has 1 heterocycles. The number of unbranched alkanes of at least 4 members (excludes halogenated alkanes) is 3. The summed E-state index contributed by atoms with van der Waals surface area (Å²) in [6.07, 6.45) is 7.43. The van der Waals surface area contributed by atoms with Crippen LogP contribution in [0, 0.1) is 11.8 Å². The Labute approximate surface area is 128 Å². The summed E-state index contributed by atoms with van der Waals surface area (Å²) in [5.41, 5.74) is 1.74. The molecule has 2 atom stereocenters. The van der Waals surface area contributed by atoms with E-state index in [2.05, 4.69) is 13.5 Å². The van der Waals surface area contributed by atoms with Crippen LogP contribution in [0.3, 0.4) is 0 Å². The predicted molar refractivity (Wildman–Crippen MR) is 84.6 cm³/mol. The molecular weight excluding hydrogens is 262 g/mol. The Morgan fingerprint density at radius 1 is 1.10 bits per heavy atom. The molecule has 0 aromatic rings. The molecule has 3 heteroatoms. The van der Waals surface area contributed by atoms with Gasteiger partial charge in [0.05, 0.1) is 11.8 Å². The van der Waals surface area contributed by atoms with Crippen molar-refractivity contribution in [1.29, 1.82) is 0 Å². The highest BCUT2D eigenvalue weighted by Crippen LogP contribution is 2.51. The monoisotopic (exact) mass is 289 g/mol. The molecule has 0 N–H and O–H groups in total. The average molecular weight is 289 g/mol. The van der Waals surface area contributed by atoms with Gasteiger partial charge in [0, 0.05) is 5.54 Å². The molecule has 0 spiro atoms. The third-order valence-electron chi connectivity index (χ3n) is 4.58. The zero-order valence-electron chi connectivity index (χ0n) is 13.7. The first-order chi connectivity index (χ1) is 9.84. The molecule has 2 aliphatic rings. The minimum atomic E-state index is -0.439. The van der Waals surface area contributed by atoms with Crippen molar-refractivity contribution in [3.63, 3.8) is 0 Å². The number of carbonyl (C=O) groups excluding carboxylic acids is 2. The number of nitrogens with zero attached hydrogens (tertiary/aromatic N) is 1. The van der Waals surface area contributed by atoms with Crippen LogP contribution in [0.5, 0.6) is 0 Å². The maximum atomic E-state index is 12.6. The summed E-state index contributed by atoms with van der Waals surface area (Å²) < 4.78 is 0. The van der Waals surface area contributed by atoms with Crippen molar-refractivity contribution in [3.05, 3.63) is 23.8 Å². The summed E-state index contributed by atoms with van der Waals surface area (Å²) in [5, 5.41) is 0. The maximum Gasteiger partial charge on any atom is 0.238 e. The number of amides is 2. The second kappa shape index (κ2) is 5.78. The minimum absolute atomic E-state index is 0.00593. The molecule has 21 heavy (non-hydrogen) atoms. The molecular formula is C18H27NO2. The largest absolute Gasteiger partial charge is 0.276 e. The van der Waals surface area contributed by atoms with E-state index in [1.165, 1.54) is 24.2 Å². The van der Waals surface area contributed by atoms with Gasteiger partial charge < -0.3 is 0 Å². The van der Waals surface area contributed by atoms with Crippen LogP contribution in [0.25, 0.3) is 0 Å². The number of likely N-dealkylation sites (tertiary alicyclic amines) is 1. The quantitative estimate of drug-likeness (QED) is 0.550. The molecule has 1 saturated heterocycles. The highest BCUT2D eigenvalue weighted by atomic mass is 16.2. The number of hydrogen-bond acceptors (Lipinski definition) is 2. The van der Waals surface area contributed by atoms with Crippen molar-refractivity contribution in [2.24, 2.45) is 11.8 Å². The number of rotatable bonds is 6. The summed E-state index contributed by atoms with van der Waals surface area (Å²) in [6.45, 7) is 11.8. The van der Waals surface area contributed by atoms with Gasteiger partial charge in [0.25, 0.3) is 0 Å². The molecule has 0 bridgehead atoms. The van der Waals surface area contributed by atoms with Crippen molar-refractivity contribution in [2.75, 3.05) is 0 Å². The SMILES string of the molecule is C=CC1=C(CCCCCC)[C@H]2C(=O)N(C(C)(C)C)C(=O)[C@@H]12. The summed E-state index contributed by atoms with van der Waals surface area (Å²) in [7, 11) is 0. The van der Waals surface area contributed by atoms with Gasteiger partial charge in [-0.05, 0) is 39.2 Å². The van der Waals surface area contributed by atoms with Crippen LogP contribution in [0.4, 0.5) is 0 Å². The summed E-state index contributed by atoms with van der Waals surface area (Å²) in [6, 6.07) is 0. The first-order valence-electron chi connectivity index (χ1n) is 8.07. The zero-order chi connectivity index (χ0) is 15.8. The summed E-state index contributed by atoms with van der Waals surface area (Å²) in [5.74, 6) is -0.500. The average Bonchev–Trinajstić information content (AvgIpc) is 2.57. The van der Waals surface area contributed by atoms with Crippen LogP contribution in [-0.2, 0) is 9.59 Å². The van der Waals surface area contributed by atoms with Crippen LogP contribution in [0.1, 0.15) is 59.8 Å². The Morgan fingerprint density at radius 2 is 1.71 bits per heavy atom. The Bertz CT molecular complexity index is 496. The van der Waals surface area contributed by atoms with E-state index in [0.29, 0.717) is 0 Å². The molecule has 1 aliphatic carbocycles. The van der Waals surface area contributed by atoms with Gasteiger partial charge in [0.2, 0.25) is 11.8 Å². The second-order valence-electron chi connectivity index (χ2n) is 7.13. The van der Waals surface area contributed by atoms with E-state index in [-0.39, 0.29) is 23.7 Å². The van der Waals surface area contributed by atoms with Crippen LogP contribution < -0.4 is 0 Å². The van der Waals surface area contributed by atoms with E-state index in [9.17, 15) is 9.59 Å². The van der Waals surface area contributed by atoms with Crippen LogP contribution >= 0.6 is 0 Å². The Hall–Kier alpha value is -1.38. The maximum absolute atomic E-state index is 12.6. The normalized spacial score (nSPS) is 25.2. The van der Waals surface area contributed by atoms with Crippen molar-refractivity contribution in [2.45, 2.75) is 65.3 Å². The standard InChI is InChI=1S/C18H27NO2/c1-6-8-9-10-11-13-12(7-2)14-15(13)17(21)19(16(14)20)18(3,4)5/h7,14-15H,2,6,8-11H2,1,3-5H3/t14-,15+/m0/s1. The molecule has 0 aromatic heterocycles. The fraction of sp³-hybridized carbons (Fsp3) is 0.667. The zero-order valence-corrected chi connectivity index (χ0v) is 13.7. The van der Waals surface area contributed by atoms with E-state index >= 15 is 0 Å². The molecule has 1 fully saturated rings.